The quantitative estimate of drug-likeness (QED) is 0.570. The summed E-state index contributed by atoms with van der Waals surface area (Å²) in [5.74, 6) is 0.213. The average Bonchev–Trinajstić information content (AvgIpc) is 3.28. The lowest BCUT2D eigenvalue weighted by Gasteiger charge is -2.41. The van der Waals surface area contributed by atoms with E-state index in [0.717, 1.165) is 5.56 Å². The lowest BCUT2D eigenvalue weighted by atomic mass is 9.84. The monoisotopic (exact) mass is 553 g/mol. The normalized spacial score (nSPS) is 21.0. The molecule has 2 aliphatic rings. The highest BCUT2D eigenvalue weighted by molar-refractivity contribution is 5.75. The molecule has 10 nitrogen and oxygen atoms in total. The molecule has 3 heterocycles. The van der Waals surface area contributed by atoms with E-state index in [1.807, 2.05) is 0 Å². The largest absolute Gasteiger partial charge is 0.573 e. The van der Waals surface area contributed by atoms with E-state index in [2.05, 4.69) is 20.2 Å². The van der Waals surface area contributed by atoms with Crippen LogP contribution in [0.4, 0.5) is 22.8 Å². The predicted molar refractivity (Wildman–Crippen MR) is 133 cm³/mol. The number of hydrogen-bond acceptors (Lipinski definition) is 7. The number of alkyl halides is 3. The van der Waals surface area contributed by atoms with Crippen molar-refractivity contribution in [3.63, 3.8) is 0 Å². The molecule has 2 aromatic rings. The SMILES string of the molecule is Cc1noc(C2CC(c3ccc(OC(F)(F)F)cc3)CN(C(=O)N3CCC(NC(=O)OC(C)(C)C)CC3)C2)n1. The van der Waals surface area contributed by atoms with Crippen molar-refractivity contribution < 1.29 is 36.8 Å². The van der Waals surface area contributed by atoms with Crippen molar-refractivity contribution >= 4 is 12.1 Å². The zero-order valence-corrected chi connectivity index (χ0v) is 22.5. The third kappa shape index (κ3) is 7.99. The molecule has 2 unspecified atom stereocenters. The Bertz CT molecular complexity index is 1140. The molecule has 2 fully saturated rings. The Morgan fingerprint density at radius 3 is 2.23 bits per heavy atom. The molecule has 214 valence electrons. The summed E-state index contributed by atoms with van der Waals surface area (Å²) in [6, 6.07) is 5.49. The van der Waals surface area contributed by atoms with E-state index in [1.54, 1.807) is 49.6 Å². The fourth-order valence-corrected chi connectivity index (χ4v) is 4.99. The zero-order valence-electron chi connectivity index (χ0n) is 22.5. The van der Waals surface area contributed by atoms with Gasteiger partial charge in [0.1, 0.15) is 11.4 Å². The lowest BCUT2D eigenvalue weighted by Crippen LogP contribution is -2.53. The molecule has 13 heteroatoms. The Balaban J connectivity index is 1.43. The minimum absolute atomic E-state index is 0.0930. The van der Waals surface area contributed by atoms with Gasteiger partial charge in [0.05, 0.1) is 5.92 Å². The first kappa shape index (κ1) is 28.5. The van der Waals surface area contributed by atoms with E-state index >= 15 is 0 Å². The Hall–Kier alpha value is -3.51. The second kappa shape index (κ2) is 11.3. The van der Waals surface area contributed by atoms with E-state index in [0.29, 0.717) is 57.2 Å². The molecule has 3 amide bonds. The maximum absolute atomic E-state index is 13.6. The smallest absolute Gasteiger partial charge is 0.444 e. The number of piperidine rings is 2. The molecule has 1 aromatic heterocycles. The average molecular weight is 554 g/mol. The Morgan fingerprint density at radius 1 is 1.03 bits per heavy atom. The van der Waals surface area contributed by atoms with Crippen LogP contribution in [0.15, 0.2) is 28.8 Å². The van der Waals surface area contributed by atoms with Gasteiger partial charge in [-0.2, -0.15) is 4.98 Å². The van der Waals surface area contributed by atoms with Gasteiger partial charge in [0.2, 0.25) is 5.89 Å². The number of carbonyl (C=O) groups is 2. The highest BCUT2D eigenvalue weighted by atomic mass is 19.4. The maximum atomic E-state index is 13.6. The second-order valence-corrected chi connectivity index (χ2v) is 11.0. The number of hydrogen-bond donors (Lipinski definition) is 1. The summed E-state index contributed by atoms with van der Waals surface area (Å²) < 4.78 is 52.5. The second-order valence-electron chi connectivity index (χ2n) is 11.0. The van der Waals surface area contributed by atoms with E-state index in [4.69, 9.17) is 9.26 Å². The van der Waals surface area contributed by atoms with Gasteiger partial charge in [-0.15, -0.1) is 13.2 Å². The highest BCUT2D eigenvalue weighted by Gasteiger charge is 2.37. The number of aromatic nitrogens is 2. The van der Waals surface area contributed by atoms with E-state index < -0.39 is 18.1 Å². The number of aryl methyl sites for hydroxylation is 1. The van der Waals surface area contributed by atoms with Crippen molar-refractivity contribution in [3.05, 3.63) is 41.5 Å². The number of benzene rings is 1. The third-order valence-electron chi connectivity index (χ3n) is 6.69. The molecular formula is C26H34F3N5O5. The molecule has 0 saturated carbocycles. The minimum Gasteiger partial charge on any atom is -0.444 e. The molecule has 2 saturated heterocycles. The predicted octanol–water partition coefficient (Wildman–Crippen LogP) is 4.96. The van der Waals surface area contributed by atoms with Crippen molar-refractivity contribution in [1.29, 1.82) is 0 Å². The molecular weight excluding hydrogens is 519 g/mol. The van der Waals surface area contributed by atoms with Gasteiger partial charge < -0.3 is 29.1 Å². The molecule has 2 aliphatic heterocycles. The van der Waals surface area contributed by atoms with Gasteiger partial charge in [0, 0.05) is 38.1 Å². The van der Waals surface area contributed by atoms with Crippen LogP contribution >= 0.6 is 0 Å². The van der Waals surface area contributed by atoms with E-state index in [1.165, 1.54) is 12.1 Å². The van der Waals surface area contributed by atoms with Crippen molar-refractivity contribution in [2.45, 2.75) is 76.8 Å². The summed E-state index contributed by atoms with van der Waals surface area (Å²) in [4.78, 5) is 33.5. The number of nitrogens with one attached hydrogen (secondary N) is 1. The summed E-state index contributed by atoms with van der Waals surface area (Å²) in [6.45, 7) is 8.81. The number of nitrogens with zero attached hydrogens (tertiary/aromatic N) is 4. The fraction of sp³-hybridized carbons (Fsp3) is 0.615. The van der Waals surface area contributed by atoms with Crippen LogP contribution in [0.5, 0.6) is 5.75 Å². The first-order valence-corrected chi connectivity index (χ1v) is 12.9. The molecule has 0 radical (unpaired) electrons. The van der Waals surface area contributed by atoms with Gasteiger partial charge in [-0.05, 0) is 64.7 Å². The van der Waals surface area contributed by atoms with Crippen molar-refractivity contribution in [2.75, 3.05) is 26.2 Å². The number of rotatable bonds is 4. The van der Waals surface area contributed by atoms with Crippen LogP contribution in [-0.4, -0.2) is 76.2 Å². The molecule has 1 N–H and O–H groups in total. The summed E-state index contributed by atoms with van der Waals surface area (Å²) >= 11 is 0. The summed E-state index contributed by atoms with van der Waals surface area (Å²) in [6.07, 6.45) is -3.47. The first-order valence-electron chi connectivity index (χ1n) is 12.9. The van der Waals surface area contributed by atoms with Crippen molar-refractivity contribution in [2.24, 2.45) is 0 Å². The molecule has 0 spiro atoms. The van der Waals surface area contributed by atoms with Crippen LogP contribution in [0.1, 0.15) is 69.1 Å². The lowest BCUT2D eigenvalue weighted by molar-refractivity contribution is -0.274. The van der Waals surface area contributed by atoms with Gasteiger partial charge in [0.15, 0.2) is 5.82 Å². The molecule has 4 rings (SSSR count). The number of carbonyl (C=O) groups excluding carboxylic acids is 2. The number of halogens is 3. The van der Waals surface area contributed by atoms with E-state index in [9.17, 15) is 22.8 Å². The maximum Gasteiger partial charge on any atom is 0.573 e. The molecule has 0 bridgehead atoms. The number of amides is 3. The molecule has 39 heavy (non-hydrogen) atoms. The standard InChI is InChI=1S/C26H34F3N5O5/c1-16-30-22(39-32-16)19-13-18(17-5-7-21(8-6-17)37-26(27,28)29)14-34(15-19)24(36)33-11-9-20(10-12-33)31-23(35)38-25(2,3)4/h5-8,18-20H,9-15H2,1-4H3,(H,31,35). The van der Waals surface area contributed by atoms with Crippen LogP contribution in [0.2, 0.25) is 0 Å². The van der Waals surface area contributed by atoms with Crippen LogP contribution in [0.25, 0.3) is 0 Å². The Labute approximate surface area is 224 Å². The van der Waals surface area contributed by atoms with Gasteiger partial charge in [-0.25, -0.2) is 9.59 Å². The summed E-state index contributed by atoms with van der Waals surface area (Å²) in [5, 5.41) is 6.75. The summed E-state index contributed by atoms with van der Waals surface area (Å²) in [5.41, 5.74) is 0.188. The first-order chi connectivity index (χ1) is 18.3. The fourth-order valence-electron chi connectivity index (χ4n) is 4.99. The topological polar surface area (TPSA) is 110 Å². The number of alkyl carbamates (subject to hydrolysis) is 1. The number of ether oxygens (including phenoxy) is 2. The van der Waals surface area contributed by atoms with Crippen LogP contribution in [-0.2, 0) is 4.74 Å². The molecule has 0 aliphatic carbocycles. The third-order valence-corrected chi connectivity index (χ3v) is 6.69. The molecule has 1 aromatic carbocycles. The van der Waals surface area contributed by atoms with Gasteiger partial charge in [-0.1, -0.05) is 17.3 Å². The highest BCUT2D eigenvalue weighted by Crippen LogP contribution is 2.37. The van der Waals surface area contributed by atoms with Gasteiger partial charge >= 0.3 is 18.5 Å². The Kier molecular flexibility index (Phi) is 8.26. The number of likely N-dealkylation sites (tertiary alicyclic amines) is 2. The van der Waals surface area contributed by atoms with Gasteiger partial charge in [0.25, 0.3) is 0 Å². The van der Waals surface area contributed by atoms with Crippen LogP contribution in [0.3, 0.4) is 0 Å². The van der Waals surface area contributed by atoms with E-state index in [-0.39, 0.29) is 29.7 Å². The van der Waals surface area contributed by atoms with Crippen LogP contribution < -0.4 is 10.1 Å². The van der Waals surface area contributed by atoms with Gasteiger partial charge in [-0.3, -0.25) is 0 Å². The summed E-state index contributed by atoms with van der Waals surface area (Å²) in [7, 11) is 0. The van der Waals surface area contributed by atoms with Crippen molar-refractivity contribution in [3.8, 4) is 5.75 Å². The zero-order chi connectivity index (χ0) is 28.4. The van der Waals surface area contributed by atoms with Crippen molar-refractivity contribution in [1.82, 2.24) is 25.3 Å². The molecule has 2 atom stereocenters. The van der Waals surface area contributed by atoms with Crippen LogP contribution in [0, 0.1) is 6.92 Å². The minimum atomic E-state index is -4.77. The number of urea groups is 1. The Morgan fingerprint density at radius 2 is 1.67 bits per heavy atom.